The SMILES string of the molecule is [C-]#[N+]C1=C(C)C(=C(c2ccccc2)c2[nH]c(C)c(C#N)c2C)N=C1C. The fourth-order valence-corrected chi connectivity index (χ4v) is 3.27. The molecular formula is C21H18N4. The molecule has 0 radical (unpaired) electrons. The molecule has 0 spiro atoms. The summed E-state index contributed by atoms with van der Waals surface area (Å²) in [6, 6.07) is 12.2. The van der Waals surface area contributed by atoms with Gasteiger partial charge >= 0.3 is 0 Å². The van der Waals surface area contributed by atoms with E-state index in [0.29, 0.717) is 11.3 Å². The van der Waals surface area contributed by atoms with Crippen LogP contribution in [-0.4, -0.2) is 10.7 Å². The maximum Gasteiger partial charge on any atom is 0.212 e. The van der Waals surface area contributed by atoms with Gasteiger partial charge in [0.1, 0.15) is 6.07 Å². The molecule has 25 heavy (non-hydrogen) atoms. The van der Waals surface area contributed by atoms with Gasteiger partial charge < -0.3 is 4.98 Å². The van der Waals surface area contributed by atoms with Crippen molar-refractivity contribution in [3.8, 4) is 6.07 Å². The summed E-state index contributed by atoms with van der Waals surface area (Å²) in [7, 11) is 0. The van der Waals surface area contributed by atoms with Crippen molar-refractivity contribution in [1.82, 2.24) is 4.98 Å². The van der Waals surface area contributed by atoms with Gasteiger partial charge in [0.15, 0.2) is 0 Å². The zero-order valence-corrected chi connectivity index (χ0v) is 14.7. The van der Waals surface area contributed by atoms with Crippen molar-refractivity contribution >= 4 is 11.3 Å². The monoisotopic (exact) mass is 326 g/mol. The Labute approximate surface area is 147 Å². The van der Waals surface area contributed by atoms with Crippen LogP contribution in [-0.2, 0) is 0 Å². The molecule has 1 aliphatic heterocycles. The van der Waals surface area contributed by atoms with Crippen LogP contribution in [0.25, 0.3) is 10.4 Å². The normalized spacial score (nSPS) is 15.7. The topological polar surface area (TPSA) is 56.3 Å². The van der Waals surface area contributed by atoms with Crippen molar-refractivity contribution in [1.29, 1.82) is 5.26 Å². The number of aryl methyl sites for hydroxylation is 1. The molecule has 0 saturated carbocycles. The van der Waals surface area contributed by atoms with E-state index in [1.807, 2.05) is 58.0 Å². The van der Waals surface area contributed by atoms with E-state index in [0.717, 1.165) is 45.1 Å². The Morgan fingerprint density at radius 1 is 1.16 bits per heavy atom. The maximum absolute atomic E-state index is 9.44. The number of benzene rings is 1. The second kappa shape index (κ2) is 6.26. The highest BCUT2D eigenvalue weighted by atomic mass is 14.9. The molecule has 2 heterocycles. The zero-order chi connectivity index (χ0) is 18.1. The fraction of sp³-hybridized carbons (Fsp3) is 0.190. The smallest absolute Gasteiger partial charge is 0.212 e. The molecule has 2 aromatic rings. The lowest BCUT2D eigenvalue weighted by Crippen LogP contribution is -1.96. The minimum absolute atomic E-state index is 0.602. The molecule has 3 rings (SSSR count). The Balaban J connectivity index is 2.40. The summed E-state index contributed by atoms with van der Waals surface area (Å²) in [6.45, 7) is 15.1. The minimum atomic E-state index is 0.602. The fourth-order valence-electron chi connectivity index (χ4n) is 3.27. The number of aliphatic imine (C=N–C) groups is 1. The van der Waals surface area contributed by atoms with Crippen molar-refractivity contribution in [2.24, 2.45) is 4.99 Å². The number of H-pyrrole nitrogens is 1. The third-order valence-electron chi connectivity index (χ3n) is 4.54. The molecule has 1 N–H and O–H groups in total. The number of allylic oxidation sites excluding steroid dienone is 2. The van der Waals surface area contributed by atoms with Crippen LogP contribution in [0.15, 0.2) is 52.3 Å². The van der Waals surface area contributed by atoms with Gasteiger partial charge in [-0.15, -0.1) is 0 Å². The number of nitrogens with zero attached hydrogens (tertiary/aromatic N) is 3. The molecule has 0 atom stereocenters. The summed E-state index contributed by atoms with van der Waals surface area (Å²) in [4.78, 5) is 11.7. The lowest BCUT2D eigenvalue weighted by atomic mass is 9.95. The Morgan fingerprint density at radius 2 is 1.84 bits per heavy atom. The van der Waals surface area contributed by atoms with Crippen LogP contribution in [0.4, 0.5) is 0 Å². The average molecular weight is 326 g/mol. The van der Waals surface area contributed by atoms with Gasteiger partial charge in [-0.25, -0.2) is 4.85 Å². The Hall–Kier alpha value is -3.37. The Kier molecular flexibility index (Phi) is 4.13. The van der Waals surface area contributed by atoms with Crippen molar-refractivity contribution in [2.75, 3.05) is 0 Å². The van der Waals surface area contributed by atoms with Gasteiger partial charge in [0, 0.05) is 17.0 Å². The van der Waals surface area contributed by atoms with Gasteiger partial charge in [-0.1, -0.05) is 30.3 Å². The van der Waals surface area contributed by atoms with E-state index in [9.17, 15) is 5.26 Å². The zero-order valence-electron chi connectivity index (χ0n) is 14.7. The summed E-state index contributed by atoms with van der Waals surface area (Å²) < 4.78 is 0. The van der Waals surface area contributed by atoms with E-state index in [1.54, 1.807) is 0 Å². The lowest BCUT2D eigenvalue weighted by Gasteiger charge is -2.12. The average Bonchev–Trinajstić information content (AvgIpc) is 3.05. The van der Waals surface area contributed by atoms with Crippen LogP contribution < -0.4 is 0 Å². The van der Waals surface area contributed by atoms with E-state index >= 15 is 0 Å². The highest BCUT2D eigenvalue weighted by Crippen LogP contribution is 2.38. The Morgan fingerprint density at radius 3 is 2.36 bits per heavy atom. The van der Waals surface area contributed by atoms with E-state index in [4.69, 9.17) is 6.57 Å². The van der Waals surface area contributed by atoms with Gasteiger partial charge in [-0.2, -0.15) is 5.26 Å². The summed E-state index contributed by atoms with van der Waals surface area (Å²) in [5.74, 6) is 0. The van der Waals surface area contributed by atoms with Crippen molar-refractivity contribution in [2.45, 2.75) is 27.7 Å². The number of aromatic amines is 1. The second-order valence-corrected chi connectivity index (χ2v) is 6.11. The molecular weight excluding hydrogens is 308 g/mol. The van der Waals surface area contributed by atoms with Crippen LogP contribution in [0.3, 0.4) is 0 Å². The molecule has 0 saturated heterocycles. The first-order chi connectivity index (χ1) is 12.0. The van der Waals surface area contributed by atoms with Crippen LogP contribution in [0, 0.1) is 31.8 Å². The number of hydrogen-bond donors (Lipinski definition) is 1. The maximum atomic E-state index is 9.44. The molecule has 0 unspecified atom stereocenters. The van der Waals surface area contributed by atoms with Gasteiger partial charge in [-0.05, 0) is 44.4 Å². The summed E-state index contributed by atoms with van der Waals surface area (Å²) in [6.07, 6.45) is 0. The minimum Gasteiger partial charge on any atom is -0.357 e. The van der Waals surface area contributed by atoms with Crippen molar-refractivity contribution < 1.29 is 0 Å². The molecule has 122 valence electrons. The number of hydrogen-bond acceptors (Lipinski definition) is 2. The first-order valence-corrected chi connectivity index (χ1v) is 8.03. The Bertz CT molecular complexity index is 1030. The van der Waals surface area contributed by atoms with Crippen molar-refractivity contribution in [3.05, 3.63) is 86.8 Å². The summed E-state index contributed by atoms with van der Waals surface area (Å²) >= 11 is 0. The van der Waals surface area contributed by atoms with E-state index < -0.39 is 0 Å². The molecule has 1 aromatic heterocycles. The van der Waals surface area contributed by atoms with Crippen LogP contribution in [0.5, 0.6) is 0 Å². The van der Waals surface area contributed by atoms with Gasteiger partial charge in [-0.3, -0.25) is 4.99 Å². The third-order valence-corrected chi connectivity index (χ3v) is 4.54. The van der Waals surface area contributed by atoms with Crippen LogP contribution in [0.1, 0.15) is 41.9 Å². The van der Waals surface area contributed by atoms with Crippen LogP contribution in [0.2, 0.25) is 0 Å². The second-order valence-electron chi connectivity index (χ2n) is 6.11. The lowest BCUT2D eigenvalue weighted by molar-refractivity contribution is 1.21. The molecule has 0 bridgehead atoms. The summed E-state index contributed by atoms with van der Waals surface area (Å²) in [5.41, 5.74) is 8.24. The van der Waals surface area contributed by atoms with Gasteiger partial charge in [0.2, 0.25) is 5.70 Å². The van der Waals surface area contributed by atoms with E-state index in [-0.39, 0.29) is 0 Å². The predicted octanol–water partition coefficient (Wildman–Crippen LogP) is 4.93. The highest BCUT2D eigenvalue weighted by molar-refractivity contribution is 6.06. The molecule has 0 fully saturated rings. The van der Waals surface area contributed by atoms with E-state index in [2.05, 4.69) is 20.9 Å². The first-order valence-electron chi connectivity index (χ1n) is 8.03. The molecule has 1 aliphatic rings. The number of nitriles is 1. The quantitative estimate of drug-likeness (QED) is 0.782. The predicted molar refractivity (Wildman–Crippen MR) is 99.9 cm³/mol. The molecule has 4 heteroatoms. The third kappa shape index (κ3) is 2.58. The van der Waals surface area contributed by atoms with Crippen molar-refractivity contribution in [3.63, 3.8) is 0 Å². The number of aromatic nitrogens is 1. The van der Waals surface area contributed by atoms with Gasteiger partial charge in [0.25, 0.3) is 0 Å². The molecule has 1 aromatic carbocycles. The largest absolute Gasteiger partial charge is 0.357 e. The van der Waals surface area contributed by atoms with E-state index in [1.165, 1.54) is 0 Å². The highest BCUT2D eigenvalue weighted by Gasteiger charge is 2.25. The molecule has 0 aliphatic carbocycles. The number of nitrogens with one attached hydrogen (secondary N) is 1. The van der Waals surface area contributed by atoms with Crippen LogP contribution >= 0.6 is 0 Å². The summed E-state index contributed by atoms with van der Waals surface area (Å²) in [5, 5.41) is 9.44. The molecule has 4 nitrogen and oxygen atoms in total. The first kappa shape index (κ1) is 16.5. The number of rotatable bonds is 2. The molecule has 0 amide bonds. The van der Waals surface area contributed by atoms with Gasteiger partial charge in [0.05, 0.1) is 23.5 Å². The standard InChI is InChI=1S/C21H18N4/c1-12-17(11-22)14(3)24-20(12)18(16-9-7-6-8-10-16)21-13(2)19(23-5)15(4)25-21/h6-10,24H,1-4H3.